The first-order valence-corrected chi connectivity index (χ1v) is 7.15. The van der Waals surface area contributed by atoms with Gasteiger partial charge in [-0.15, -0.1) is 0 Å². The molecule has 6 nitrogen and oxygen atoms in total. The lowest BCUT2D eigenvalue weighted by atomic mass is 10.1. The Morgan fingerprint density at radius 2 is 1.77 bits per heavy atom. The van der Waals surface area contributed by atoms with Crippen LogP contribution in [-0.4, -0.2) is 41.6 Å². The van der Waals surface area contributed by atoms with Crippen molar-refractivity contribution in [3.8, 4) is 0 Å². The molecule has 0 bridgehead atoms. The molecular weight excluding hydrogens is 286 g/mol. The van der Waals surface area contributed by atoms with Crippen molar-refractivity contribution in [3.05, 3.63) is 35.9 Å². The number of esters is 2. The fourth-order valence-electron chi connectivity index (χ4n) is 2.50. The predicted molar refractivity (Wildman–Crippen MR) is 77.6 cm³/mol. The highest BCUT2D eigenvalue weighted by Gasteiger charge is 2.43. The van der Waals surface area contributed by atoms with Crippen LogP contribution in [0.2, 0.25) is 0 Å². The van der Waals surface area contributed by atoms with Gasteiger partial charge in [0.15, 0.2) is 6.10 Å². The van der Waals surface area contributed by atoms with E-state index in [0.717, 1.165) is 5.56 Å². The molecule has 0 aromatic heterocycles. The van der Waals surface area contributed by atoms with Crippen LogP contribution < -0.4 is 0 Å². The molecule has 0 radical (unpaired) electrons. The van der Waals surface area contributed by atoms with Gasteiger partial charge in [-0.25, -0.2) is 0 Å². The van der Waals surface area contributed by atoms with Crippen LogP contribution in [0, 0.1) is 0 Å². The average molecular weight is 305 g/mol. The number of carbonyl (C=O) groups excluding carboxylic acids is 3. The van der Waals surface area contributed by atoms with E-state index >= 15 is 0 Å². The molecule has 1 aromatic rings. The summed E-state index contributed by atoms with van der Waals surface area (Å²) < 4.78 is 10.3. The van der Waals surface area contributed by atoms with E-state index in [-0.39, 0.29) is 12.3 Å². The number of hydrogen-bond acceptors (Lipinski definition) is 5. The minimum Gasteiger partial charge on any atom is -0.456 e. The first-order valence-electron chi connectivity index (χ1n) is 7.15. The molecule has 0 unspecified atom stereocenters. The first-order chi connectivity index (χ1) is 10.5. The van der Waals surface area contributed by atoms with E-state index in [0.29, 0.717) is 13.0 Å². The van der Waals surface area contributed by atoms with Crippen molar-refractivity contribution in [1.29, 1.82) is 0 Å². The van der Waals surface area contributed by atoms with Crippen LogP contribution in [0.15, 0.2) is 30.3 Å². The Balaban J connectivity index is 2.07. The van der Waals surface area contributed by atoms with Crippen molar-refractivity contribution in [3.63, 3.8) is 0 Å². The molecule has 0 spiro atoms. The van der Waals surface area contributed by atoms with Gasteiger partial charge in [0.05, 0.1) is 6.42 Å². The molecule has 0 N–H and O–H groups in total. The Morgan fingerprint density at radius 1 is 1.14 bits per heavy atom. The SMILES string of the molecule is CC(=O)O[C@@H]1CC(=O)N(CCc2ccccc2)[C@H]1OC(C)=O. The van der Waals surface area contributed by atoms with E-state index in [9.17, 15) is 14.4 Å². The summed E-state index contributed by atoms with van der Waals surface area (Å²) in [6.07, 6.45) is -0.925. The third kappa shape index (κ3) is 4.07. The number of benzene rings is 1. The summed E-state index contributed by atoms with van der Waals surface area (Å²) in [5, 5.41) is 0. The standard InChI is InChI=1S/C16H19NO5/c1-11(18)21-14-10-15(20)17(16(14)22-12(2)19)9-8-13-6-4-3-5-7-13/h3-7,14,16H,8-10H2,1-2H3/t14-,16+/m1/s1. The summed E-state index contributed by atoms with van der Waals surface area (Å²) in [7, 11) is 0. The Kier molecular flexibility index (Phi) is 5.14. The number of nitrogens with zero attached hydrogens (tertiary/aromatic N) is 1. The van der Waals surface area contributed by atoms with Crippen molar-refractivity contribution < 1.29 is 23.9 Å². The molecule has 118 valence electrons. The van der Waals surface area contributed by atoms with Crippen molar-refractivity contribution in [2.24, 2.45) is 0 Å². The fourth-order valence-corrected chi connectivity index (χ4v) is 2.50. The normalized spacial score (nSPS) is 20.8. The molecule has 22 heavy (non-hydrogen) atoms. The van der Waals surface area contributed by atoms with Crippen LogP contribution in [0.5, 0.6) is 0 Å². The largest absolute Gasteiger partial charge is 0.456 e. The molecule has 0 aliphatic carbocycles. The van der Waals surface area contributed by atoms with Gasteiger partial charge in [0.25, 0.3) is 0 Å². The monoisotopic (exact) mass is 305 g/mol. The van der Waals surface area contributed by atoms with Gasteiger partial charge in [-0.2, -0.15) is 0 Å². The first kappa shape index (κ1) is 16.0. The molecule has 1 fully saturated rings. The van der Waals surface area contributed by atoms with Crippen LogP contribution in [-0.2, 0) is 30.3 Å². The van der Waals surface area contributed by atoms with Gasteiger partial charge >= 0.3 is 11.9 Å². The summed E-state index contributed by atoms with van der Waals surface area (Å²) >= 11 is 0. The van der Waals surface area contributed by atoms with E-state index in [1.54, 1.807) is 0 Å². The summed E-state index contributed by atoms with van der Waals surface area (Å²) in [5.41, 5.74) is 1.08. The quantitative estimate of drug-likeness (QED) is 0.766. The lowest BCUT2D eigenvalue weighted by molar-refractivity contribution is -0.173. The Hall–Kier alpha value is -2.37. The Morgan fingerprint density at radius 3 is 2.36 bits per heavy atom. The number of ether oxygens (including phenoxy) is 2. The highest BCUT2D eigenvalue weighted by atomic mass is 16.6. The van der Waals surface area contributed by atoms with Crippen molar-refractivity contribution in [2.75, 3.05) is 6.54 Å². The second kappa shape index (κ2) is 7.06. The number of rotatable bonds is 5. The molecule has 2 rings (SSSR count). The van der Waals surface area contributed by atoms with Crippen molar-refractivity contribution in [2.45, 2.75) is 39.0 Å². The van der Waals surface area contributed by atoms with Crippen molar-refractivity contribution >= 4 is 17.8 Å². The maximum absolute atomic E-state index is 12.1. The molecule has 1 aliphatic rings. The molecule has 0 saturated carbocycles. The van der Waals surface area contributed by atoms with Gasteiger partial charge in [-0.3, -0.25) is 14.4 Å². The van der Waals surface area contributed by atoms with Crippen LogP contribution in [0.3, 0.4) is 0 Å². The maximum atomic E-state index is 12.1. The fraction of sp³-hybridized carbons (Fsp3) is 0.438. The second-order valence-electron chi connectivity index (χ2n) is 5.17. The van der Waals surface area contributed by atoms with E-state index in [1.165, 1.54) is 18.7 Å². The number of hydrogen-bond donors (Lipinski definition) is 0. The van der Waals surface area contributed by atoms with Crippen LogP contribution in [0.25, 0.3) is 0 Å². The second-order valence-corrected chi connectivity index (χ2v) is 5.17. The molecule has 1 heterocycles. The van der Waals surface area contributed by atoms with Crippen LogP contribution >= 0.6 is 0 Å². The van der Waals surface area contributed by atoms with E-state index in [4.69, 9.17) is 9.47 Å². The summed E-state index contributed by atoms with van der Waals surface area (Å²) in [5.74, 6) is -1.20. The number of carbonyl (C=O) groups is 3. The molecule has 1 aromatic carbocycles. The van der Waals surface area contributed by atoms with Gasteiger partial charge in [-0.1, -0.05) is 30.3 Å². The smallest absolute Gasteiger partial charge is 0.304 e. The lowest BCUT2D eigenvalue weighted by Crippen LogP contribution is -2.42. The number of likely N-dealkylation sites (tertiary alicyclic amines) is 1. The Labute approximate surface area is 129 Å². The van der Waals surface area contributed by atoms with Gasteiger partial charge in [-0.05, 0) is 12.0 Å². The molecule has 6 heteroatoms. The Bertz CT molecular complexity index is 557. The zero-order chi connectivity index (χ0) is 16.1. The van der Waals surface area contributed by atoms with Crippen LogP contribution in [0.1, 0.15) is 25.8 Å². The summed E-state index contributed by atoms with van der Waals surface area (Å²) in [4.78, 5) is 36.0. The van der Waals surface area contributed by atoms with Gasteiger partial charge < -0.3 is 14.4 Å². The maximum Gasteiger partial charge on any atom is 0.304 e. The molecule has 1 amide bonds. The summed E-state index contributed by atoms with van der Waals surface area (Å²) in [6.45, 7) is 2.93. The topological polar surface area (TPSA) is 72.9 Å². The predicted octanol–water partition coefficient (Wildman–Crippen LogP) is 1.28. The van der Waals surface area contributed by atoms with E-state index < -0.39 is 24.3 Å². The molecule has 1 aliphatic heterocycles. The van der Waals surface area contributed by atoms with E-state index in [2.05, 4.69) is 0 Å². The summed E-state index contributed by atoms with van der Waals surface area (Å²) in [6, 6.07) is 9.69. The van der Waals surface area contributed by atoms with Crippen molar-refractivity contribution in [1.82, 2.24) is 4.90 Å². The average Bonchev–Trinajstić information content (AvgIpc) is 2.72. The van der Waals surface area contributed by atoms with Gasteiger partial charge in [0, 0.05) is 20.4 Å². The van der Waals surface area contributed by atoms with Crippen LogP contribution in [0.4, 0.5) is 0 Å². The minimum absolute atomic E-state index is 0.0340. The zero-order valence-corrected chi connectivity index (χ0v) is 12.7. The highest BCUT2D eigenvalue weighted by molar-refractivity contribution is 5.81. The molecular formula is C16H19NO5. The minimum atomic E-state index is -0.849. The zero-order valence-electron chi connectivity index (χ0n) is 12.7. The third-order valence-corrected chi connectivity index (χ3v) is 3.41. The number of amides is 1. The lowest BCUT2D eigenvalue weighted by Gasteiger charge is -2.27. The molecule has 1 saturated heterocycles. The van der Waals surface area contributed by atoms with Gasteiger partial charge in [0.1, 0.15) is 0 Å². The highest BCUT2D eigenvalue weighted by Crippen LogP contribution is 2.24. The van der Waals surface area contributed by atoms with E-state index in [1.807, 2.05) is 30.3 Å². The molecule has 2 atom stereocenters. The third-order valence-electron chi connectivity index (χ3n) is 3.41. The van der Waals surface area contributed by atoms with Gasteiger partial charge in [0.2, 0.25) is 12.1 Å².